The van der Waals surface area contributed by atoms with Gasteiger partial charge in [-0.1, -0.05) is 17.7 Å². The smallest absolute Gasteiger partial charge is 0.343 e. The molecule has 0 aliphatic heterocycles. The molecule has 0 unspecified atom stereocenters. The summed E-state index contributed by atoms with van der Waals surface area (Å²) in [6.07, 6.45) is 0. The molecule has 0 radical (unpaired) electrons. The first-order valence-electron chi connectivity index (χ1n) is 9.58. The van der Waals surface area contributed by atoms with Gasteiger partial charge >= 0.3 is 5.97 Å². The van der Waals surface area contributed by atoms with E-state index in [0.29, 0.717) is 28.0 Å². The molecular formula is C25H20O6. The third kappa shape index (κ3) is 4.00. The van der Waals surface area contributed by atoms with Gasteiger partial charge in [-0.15, -0.1) is 0 Å². The summed E-state index contributed by atoms with van der Waals surface area (Å²) < 4.78 is 22.0. The fourth-order valence-electron chi connectivity index (χ4n) is 3.22. The van der Waals surface area contributed by atoms with Crippen molar-refractivity contribution in [1.82, 2.24) is 0 Å². The Morgan fingerprint density at radius 1 is 0.871 bits per heavy atom. The number of esters is 1. The fourth-order valence-corrected chi connectivity index (χ4v) is 3.22. The second-order valence-electron chi connectivity index (χ2n) is 6.94. The van der Waals surface area contributed by atoms with Gasteiger partial charge in [0.15, 0.2) is 5.76 Å². The highest BCUT2D eigenvalue weighted by molar-refractivity contribution is 5.93. The Hall–Kier alpha value is -4.06. The number of aryl methyl sites for hydroxylation is 1. The van der Waals surface area contributed by atoms with Gasteiger partial charge in [-0.2, -0.15) is 0 Å². The molecule has 0 fully saturated rings. The largest absolute Gasteiger partial charge is 0.497 e. The molecule has 0 spiro atoms. The standard InChI is InChI=1S/C25H20O6/c1-15-7-12-21-20(13-15)22(26)24(23(30-21)16-8-10-18(28-2)11-9-16)31-25(27)17-5-4-6-19(14-17)29-3/h4-14H,1-3H3. The summed E-state index contributed by atoms with van der Waals surface area (Å²) >= 11 is 0. The van der Waals surface area contributed by atoms with Crippen molar-refractivity contribution in [3.63, 3.8) is 0 Å². The number of hydrogen-bond acceptors (Lipinski definition) is 6. The minimum Gasteiger partial charge on any atom is -0.497 e. The maximum Gasteiger partial charge on any atom is 0.343 e. The van der Waals surface area contributed by atoms with E-state index in [9.17, 15) is 9.59 Å². The molecule has 0 saturated heterocycles. The van der Waals surface area contributed by atoms with Gasteiger partial charge in [-0.25, -0.2) is 4.79 Å². The van der Waals surface area contributed by atoms with Crippen LogP contribution in [0.5, 0.6) is 17.2 Å². The van der Waals surface area contributed by atoms with E-state index in [-0.39, 0.29) is 17.1 Å². The molecule has 31 heavy (non-hydrogen) atoms. The van der Waals surface area contributed by atoms with Gasteiger partial charge in [0, 0.05) is 5.56 Å². The van der Waals surface area contributed by atoms with E-state index >= 15 is 0 Å². The summed E-state index contributed by atoms with van der Waals surface area (Å²) in [5.74, 6) is 0.465. The molecular weight excluding hydrogens is 396 g/mol. The van der Waals surface area contributed by atoms with Crippen LogP contribution in [-0.4, -0.2) is 20.2 Å². The van der Waals surface area contributed by atoms with Gasteiger partial charge in [-0.3, -0.25) is 4.79 Å². The summed E-state index contributed by atoms with van der Waals surface area (Å²) in [4.78, 5) is 26.1. The number of methoxy groups -OCH3 is 2. The Kier molecular flexibility index (Phi) is 5.45. The Balaban J connectivity index is 1.87. The van der Waals surface area contributed by atoms with E-state index < -0.39 is 11.4 Å². The zero-order chi connectivity index (χ0) is 22.0. The van der Waals surface area contributed by atoms with Crippen molar-refractivity contribution in [2.24, 2.45) is 0 Å². The number of carbonyl (C=O) groups excluding carboxylic acids is 1. The Morgan fingerprint density at radius 2 is 1.61 bits per heavy atom. The lowest BCUT2D eigenvalue weighted by Crippen LogP contribution is -2.16. The van der Waals surface area contributed by atoms with E-state index in [4.69, 9.17) is 18.6 Å². The van der Waals surface area contributed by atoms with E-state index in [2.05, 4.69) is 0 Å². The number of hydrogen-bond donors (Lipinski definition) is 0. The Labute approximate surface area is 178 Å². The zero-order valence-electron chi connectivity index (χ0n) is 17.3. The number of ether oxygens (including phenoxy) is 3. The van der Waals surface area contributed by atoms with Crippen molar-refractivity contribution in [1.29, 1.82) is 0 Å². The second-order valence-corrected chi connectivity index (χ2v) is 6.94. The summed E-state index contributed by atoms with van der Waals surface area (Å²) in [5, 5.41) is 0.339. The average molecular weight is 416 g/mol. The minimum absolute atomic E-state index is 0.167. The third-order valence-electron chi connectivity index (χ3n) is 4.86. The minimum atomic E-state index is -0.687. The first-order valence-corrected chi connectivity index (χ1v) is 9.58. The van der Waals surface area contributed by atoms with E-state index in [1.807, 2.05) is 13.0 Å². The summed E-state index contributed by atoms with van der Waals surface area (Å²) in [6, 6.07) is 18.8. The number of carbonyl (C=O) groups is 1. The van der Waals surface area contributed by atoms with E-state index in [1.165, 1.54) is 7.11 Å². The van der Waals surface area contributed by atoms with Crippen molar-refractivity contribution < 1.29 is 23.4 Å². The molecule has 0 aliphatic rings. The highest BCUT2D eigenvalue weighted by Gasteiger charge is 2.22. The van der Waals surface area contributed by atoms with Gasteiger partial charge in [-0.05, 0) is 61.5 Å². The van der Waals surface area contributed by atoms with Gasteiger partial charge in [0.2, 0.25) is 11.2 Å². The lowest BCUT2D eigenvalue weighted by molar-refractivity contribution is 0.0731. The van der Waals surface area contributed by atoms with Crippen LogP contribution in [0.25, 0.3) is 22.3 Å². The van der Waals surface area contributed by atoms with Crippen LogP contribution in [0.1, 0.15) is 15.9 Å². The third-order valence-corrected chi connectivity index (χ3v) is 4.86. The quantitative estimate of drug-likeness (QED) is 0.426. The molecule has 1 aromatic heterocycles. The summed E-state index contributed by atoms with van der Waals surface area (Å²) in [7, 11) is 3.07. The number of rotatable bonds is 5. The molecule has 0 N–H and O–H groups in total. The molecule has 0 aliphatic carbocycles. The Bertz CT molecular complexity index is 1320. The highest BCUT2D eigenvalue weighted by atomic mass is 16.5. The van der Waals surface area contributed by atoms with Crippen molar-refractivity contribution in [2.45, 2.75) is 6.92 Å². The van der Waals surface area contributed by atoms with Gasteiger partial charge in [0.05, 0.1) is 25.2 Å². The Morgan fingerprint density at radius 3 is 2.32 bits per heavy atom. The molecule has 4 rings (SSSR count). The van der Waals surface area contributed by atoms with Crippen LogP contribution in [0.3, 0.4) is 0 Å². The molecule has 156 valence electrons. The molecule has 4 aromatic rings. The van der Waals surface area contributed by atoms with Crippen molar-refractivity contribution in [3.8, 4) is 28.6 Å². The van der Waals surface area contributed by atoms with Crippen LogP contribution in [0.2, 0.25) is 0 Å². The molecule has 1 heterocycles. The number of benzene rings is 3. The molecule has 6 heteroatoms. The first-order chi connectivity index (χ1) is 15.0. The highest BCUT2D eigenvalue weighted by Crippen LogP contribution is 2.32. The van der Waals surface area contributed by atoms with E-state index in [1.54, 1.807) is 67.8 Å². The summed E-state index contributed by atoms with van der Waals surface area (Å²) in [5.41, 5.74) is 1.70. The number of fused-ring (bicyclic) bond motifs is 1. The lowest BCUT2D eigenvalue weighted by atomic mass is 10.1. The van der Waals surface area contributed by atoms with E-state index in [0.717, 1.165) is 5.56 Å². The SMILES string of the molecule is COc1ccc(-c2oc3ccc(C)cc3c(=O)c2OC(=O)c2cccc(OC)c2)cc1. The van der Waals surface area contributed by atoms with Crippen LogP contribution >= 0.6 is 0 Å². The normalized spacial score (nSPS) is 10.7. The van der Waals surface area contributed by atoms with Crippen LogP contribution < -0.4 is 19.6 Å². The predicted octanol–water partition coefficient (Wildman–Crippen LogP) is 5.00. The van der Waals surface area contributed by atoms with Crippen LogP contribution in [0, 0.1) is 6.92 Å². The molecule has 0 saturated carbocycles. The molecule has 3 aromatic carbocycles. The van der Waals surface area contributed by atoms with Crippen molar-refractivity contribution in [2.75, 3.05) is 14.2 Å². The van der Waals surface area contributed by atoms with Crippen LogP contribution in [0.4, 0.5) is 0 Å². The fraction of sp³-hybridized carbons (Fsp3) is 0.120. The van der Waals surface area contributed by atoms with Gasteiger partial charge in [0.25, 0.3) is 0 Å². The molecule has 6 nitrogen and oxygen atoms in total. The van der Waals surface area contributed by atoms with Crippen molar-refractivity contribution >= 4 is 16.9 Å². The maximum atomic E-state index is 13.3. The first kappa shape index (κ1) is 20.2. The second kappa shape index (κ2) is 8.36. The maximum absolute atomic E-state index is 13.3. The summed E-state index contributed by atoms with van der Waals surface area (Å²) in [6.45, 7) is 1.87. The van der Waals surface area contributed by atoms with Crippen LogP contribution in [0.15, 0.2) is 75.9 Å². The van der Waals surface area contributed by atoms with Crippen molar-refractivity contribution in [3.05, 3.63) is 88.1 Å². The monoisotopic (exact) mass is 416 g/mol. The average Bonchev–Trinajstić information content (AvgIpc) is 2.81. The predicted molar refractivity (Wildman–Crippen MR) is 117 cm³/mol. The van der Waals surface area contributed by atoms with Gasteiger partial charge in [0.1, 0.15) is 17.1 Å². The lowest BCUT2D eigenvalue weighted by Gasteiger charge is -2.12. The molecule has 0 atom stereocenters. The molecule has 0 bridgehead atoms. The van der Waals surface area contributed by atoms with Crippen LogP contribution in [-0.2, 0) is 0 Å². The molecule has 0 amide bonds. The zero-order valence-corrected chi connectivity index (χ0v) is 17.3. The van der Waals surface area contributed by atoms with Gasteiger partial charge < -0.3 is 18.6 Å². The topological polar surface area (TPSA) is 75.0 Å².